The Balaban J connectivity index is 2.00. The Bertz CT molecular complexity index is 360. The summed E-state index contributed by atoms with van der Waals surface area (Å²) in [4.78, 5) is 0. The zero-order chi connectivity index (χ0) is 13.0. The molecule has 2 nitrogen and oxygen atoms in total. The fraction of sp³-hybridized carbons (Fsp3) is 0.625. The van der Waals surface area contributed by atoms with Crippen molar-refractivity contribution in [2.24, 2.45) is 17.6 Å². The molecule has 0 aromatic heterocycles. The lowest BCUT2D eigenvalue weighted by molar-refractivity contribution is 0.202. The molecule has 1 aromatic rings. The molecular formula is C16H25NO. The summed E-state index contributed by atoms with van der Waals surface area (Å²) in [6.45, 7) is 3.12. The van der Waals surface area contributed by atoms with Crippen LogP contribution in [0.15, 0.2) is 24.3 Å². The first-order chi connectivity index (χ1) is 8.72. The van der Waals surface area contributed by atoms with Gasteiger partial charge in [-0.05, 0) is 35.8 Å². The predicted octanol–water partition coefficient (Wildman–Crippen LogP) is 3.31. The fourth-order valence-corrected chi connectivity index (χ4v) is 3.08. The minimum absolute atomic E-state index is 0.207. The average Bonchev–Trinajstić information content (AvgIpc) is 2.82. The second-order valence-corrected chi connectivity index (χ2v) is 5.58. The van der Waals surface area contributed by atoms with E-state index in [1.54, 1.807) is 7.11 Å². The van der Waals surface area contributed by atoms with E-state index in [0.717, 1.165) is 18.9 Å². The first kappa shape index (κ1) is 13.6. The Morgan fingerprint density at radius 1 is 1.28 bits per heavy atom. The van der Waals surface area contributed by atoms with E-state index in [9.17, 15) is 0 Å². The van der Waals surface area contributed by atoms with E-state index in [1.807, 2.05) is 0 Å². The zero-order valence-electron chi connectivity index (χ0n) is 11.6. The molecule has 3 atom stereocenters. The van der Waals surface area contributed by atoms with Gasteiger partial charge in [0.15, 0.2) is 0 Å². The Morgan fingerprint density at radius 3 is 2.56 bits per heavy atom. The van der Waals surface area contributed by atoms with Gasteiger partial charge in [-0.3, -0.25) is 0 Å². The van der Waals surface area contributed by atoms with Gasteiger partial charge < -0.3 is 10.5 Å². The van der Waals surface area contributed by atoms with Crippen LogP contribution in [0.3, 0.4) is 0 Å². The summed E-state index contributed by atoms with van der Waals surface area (Å²) >= 11 is 0. The minimum atomic E-state index is 0.207. The lowest BCUT2D eigenvalue weighted by Crippen LogP contribution is -2.23. The van der Waals surface area contributed by atoms with Crippen LogP contribution in [-0.2, 0) is 11.2 Å². The highest BCUT2D eigenvalue weighted by molar-refractivity contribution is 5.25. The lowest BCUT2D eigenvalue weighted by Gasteiger charge is -2.23. The molecule has 0 heterocycles. The maximum absolute atomic E-state index is 6.42. The molecule has 0 saturated heterocycles. The molecular weight excluding hydrogens is 222 g/mol. The van der Waals surface area contributed by atoms with Crippen molar-refractivity contribution in [1.82, 2.24) is 0 Å². The van der Waals surface area contributed by atoms with E-state index in [1.165, 1.54) is 30.4 Å². The van der Waals surface area contributed by atoms with Gasteiger partial charge in [-0.25, -0.2) is 0 Å². The van der Waals surface area contributed by atoms with Gasteiger partial charge in [0.05, 0.1) is 6.61 Å². The maximum atomic E-state index is 6.42. The van der Waals surface area contributed by atoms with Crippen LogP contribution in [0.1, 0.15) is 43.4 Å². The van der Waals surface area contributed by atoms with Gasteiger partial charge in [0.1, 0.15) is 0 Å². The summed E-state index contributed by atoms with van der Waals surface area (Å²) in [5, 5.41) is 0. The number of methoxy groups -OCH3 is 1. The summed E-state index contributed by atoms with van der Waals surface area (Å²) in [5.74, 6) is 1.43. The number of benzene rings is 1. The van der Waals surface area contributed by atoms with Crippen molar-refractivity contribution in [3.8, 4) is 0 Å². The lowest BCUT2D eigenvalue weighted by atomic mass is 9.86. The smallest absolute Gasteiger partial charge is 0.0502 e. The van der Waals surface area contributed by atoms with Crippen molar-refractivity contribution in [2.75, 3.05) is 13.7 Å². The van der Waals surface area contributed by atoms with E-state index in [-0.39, 0.29) is 6.04 Å². The van der Waals surface area contributed by atoms with Crippen LogP contribution >= 0.6 is 0 Å². The Labute approximate surface area is 111 Å². The van der Waals surface area contributed by atoms with Crippen LogP contribution in [0, 0.1) is 11.8 Å². The molecule has 0 bridgehead atoms. The van der Waals surface area contributed by atoms with E-state index >= 15 is 0 Å². The summed E-state index contributed by atoms with van der Waals surface area (Å²) in [5.41, 5.74) is 9.03. The van der Waals surface area contributed by atoms with Crippen molar-refractivity contribution in [2.45, 2.75) is 38.6 Å². The summed E-state index contributed by atoms with van der Waals surface area (Å²) in [7, 11) is 1.74. The summed E-state index contributed by atoms with van der Waals surface area (Å²) < 4.78 is 5.09. The number of nitrogens with two attached hydrogens (primary N) is 1. The average molecular weight is 247 g/mol. The molecule has 0 aliphatic heterocycles. The largest absolute Gasteiger partial charge is 0.384 e. The molecule has 0 amide bonds. The van der Waals surface area contributed by atoms with Gasteiger partial charge >= 0.3 is 0 Å². The zero-order valence-corrected chi connectivity index (χ0v) is 11.6. The first-order valence-electron chi connectivity index (χ1n) is 7.05. The van der Waals surface area contributed by atoms with Crippen LogP contribution < -0.4 is 5.73 Å². The molecule has 1 saturated carbocycles. The molecule has 1 aliphatic rings. The standard InChI is InChI=1S/C16H25NO/c1-12-4-3-5-15(12)16(17)14-8-6-13(7-9-14)10-11-18-2/h6-9,12,15-16H,3-5,10-11,17H2,1-2H3. The molecule has 2 rings (SSSR count). The first-order valence-corrected chi connectivity index (χ1v) is 7.05. The molecule has 3 unspecified atom stereocenters. The highest BCUT2D eigenvalue weighted by Crippen LogP contribution is 2.38. The van der Waals surface area contributed by atoms with Gasteiger partial charge in [0.2, 0.25) is 0 Å². The van der Waals surface area contributed by atoms with Crippen LogP contribution in [0.4, 0.5) is 0 Å². The van der Waals surface area contributed by atoms with Crippen molar-refractivity contribution in [3.63, 3.8) is 0 Å². The molecule has 2 heteroatoms. The van der Waals surface area contributed by atoms with Gasteiger partial charge in [0.25, 0.3) is 0 Å². The Kier molecular flexibility index (Phi) is 4.79. The normalized spacial score (nSPS) is 25.3. The number of ether oxygens (including phenoxy) is 1. The van der Waals surface area contributed by atoms with Gasteiger partial charge in [0, 0.05) is 13.2 Å². The monoisotopic (exact) mass is 247 g/mol. The SMILES string of the molecule is COCCc1ccc(C(N)C2CCCC2C)cc1. The summed E-state index contributed by atoms with van der Waals surface area (Å²) in [6.07, 6.45) is 4.94. The molecule has 1 aliphatic carbocycles. The third-order valence-electron chi connectivity index (χ3n) is 4.35. The third-order valence-corrected chi connectivity index (χ3v) is 4.35. The fourth-order valence-electron chi connectivity index (χ4n) is 3.08. The topological polar surface area (TPSA) is 35.2 Å². The van der Waals surface area contributed by atoms with E-state index in [0.29, 0.717) is 5.92 Å². The molecule has 0 radical (unpaired) electrons. The predicted molar refractivity (Wildman–Crippen MR) is 75.5 cm³/mol. The number of hydrogen-bond acceptors (Lipinski definition) is 2. The highest BCUT2D eigenvalue weighted by atomic mass is 16.5. The number of rotatable bonds is 5. The highest BCUT2D eigenvalue weighted by Gasteiger charge is 2.29. The van der Waals surface area contributed by atoms with E-state index < -0.39 is 0 Å². The van der Waals surface area contributed by atoms with Crippen LogP contribution in [0.5, 0.6) is 0 Å². The molecule has 100 valence electrons. The van der Waals surface area contributed by atoms with Gasteiger partial charge in [-0.1, -0.05) is 44.0 Å². The molecule has 0 spiro atoms. The second-order valence-electron chi connectivity index (χ2n) is 5.58. The quantitative estimate of drug-likeness (QED) is 0.866. The molecule has 1 fully saturated rings. The van der Waals surface area contributed by atoms with E-state index in [4.69, 9.17) is 10.5 Å². The molecule has 2 N–H and O–H groups in total. The molecule has 1 aromatic carbocycles. The Hall–Kier alpha value is -0.860. The minimum Gasteiger partial charge on any atom is -0.384 e. The van der Waals surface area contributed by atoms with Crippen molar-refractivity contribution in [1.29, 1.82) is 0 Å². The maximum Gasteiger partial charge on any atom is 0.0502 e. The van der Waals surface area contributed by atoms with Crippen LogP contribution in [-0.4, -0.2) is 13.7 Å². The van der Waals surface area contributed by atoms with Crippen molar-refractivity contribution < 1.29 is 4.74 Å². The van der Waals surface area contributed by atoms with E-state index in [2.05, 4.69) is 31.2 Å². The van der Waals surface area contributed by atoms with Crippen LogP contribution in [0.25, 0.3) is 0 Å². The van der Waals surface area contributed by atoms with Crippen molar-refractivity contribution >= 4 is 0 Å². The van der Waals surface area contributed by atoms with Crippen molar-refractivity contribution in [3.05, 3.63) is 35.4 Å². The second kappa shape index (κ2) is 6.35. The third kappa shape index (κ3) is 3.12. The van der Waals surface area contributed by atoms with Gasteiger partial charge in [-0.15, -0.1) is 0 Å². The van der Waals surface area contributed by atoms with Gasteiger partial charge in [-0.2, -0.15) is 0 Å². The number of hydrogen-bond donors (Lipinski definition) is 1. The van der Waals surface area contributed by atoms with Crippen LogP contribution in [0.2, 0.25) is 0 Å². The summed E-state index contributed by atoms with van der Waals surface area (Å²) in [6, 6.07) is 8.97. The Morgan fingerprint density at radius 2 is 2.00 bits per heavy atom. The molecule has 18 heavy (non-hydrogen) atoms.